The number of benzene rings is 1. The van der Waals surface area contributed by atoms with E-state index in [1.165, 1.54) is 18.2 Å². The van der Waals surface area contributed by atoms with Gasteiger partial charge in [-0.05, 0) is 30.0 Å². The molecule has 0 saturated heterocycles. The molecule has 0 unspecified atom stereocenters. The number of esters is 1. The second-order valence-electron chi connectivity index (χ2n) is 6.61. The Morgan fingerprint density at radius 2 is 1.85 bits per heavy atom. The van der Waals surface area contributed by atoms with Gasteiger partial charge in [0.25, 0.3) is 5.91 Å². The quantitative estimate of drug-likeness (QED) is 0.612. The minimum Gasteiger partial charge on any atom is -0.454 e. The molecule has 1 amide bonds. The van der Waals surface area contributed by atoms with E-state index in [2.05, 4.69) is 10.0 Å². The molecule has 146 valence electrons. The van der Waals surface area contributed by atoms with Gasteiger partial charge in [-0.3, -0.25) is 9.59 Å². The van der Waals surface area contributed by atoms with Gasteiger partial charge < -0.3 is 10.1 Å². The van der Waals surface area contributed by atoms with Gasteiger partial charge in [0, 0.05) is 11.6 Å². The molecule has 0 heterocycles. The smallest absolute Gasteiger partial charge is 0.324 e. The van der Waals surface area contributed by atoms with E-state index in [1.807, 2.05) is 13.8 Å². The number of hydrogen-bond acceptors (Lipinski definition) is 5. The summed E-state index contributed by atoms with van der Waals surface area (Å²) in [6.45, 7) is 7.22. The van der Waals surface area contributed by atoms with Crippen LogP contribution in [0.3, 0.4) is 0 Å². The lowest BCUT2D eigenvalue weighted by atomic mass is 10.1. The molecule has 1 aromatic carbocycles. The zero-order chi connectivity index (χ0) is 19.9. The van der Waals surface area contributed by atoms with Crippen LogP contribution in [0.1, 0.15) is 27.7 Å². The third-order valence-electron chi connectivity index (χ3n) is 3.36. The monoisotopic (exact) mass is 404 g/mol. The minimum absolute atomic E-state index is 0.0573. The second-order valence-corrected chi connectivity index (χ2v) is 8.76. The molecule has 0 aliphatic rings. The molecule has 0 aliphatic heterocycles. The normalized spacial score (nSPS) is 12.9. The molecule has 2 N–H and O–H groups in total. The molecule has 0 radical (unpaired) electrons. The summed E-state index contributed by atoms with van der Waals surface area (Å²) in [7, 11) is -3.97. The van der Waals surface area contributed by atoms with Gasteiger partial charge in [0.1, 0.15) is 6.04 Å². The van der Waals surface area contributed by atoms with Crippen LogP contribution in [0.5, 0.6) is 0 Å². The first-order valence-electron chi connectivity index (χ1n) is 8.24. The Morgan fingerprint density at radius 3 is 2.38 bits per heavy atom. The van der Waals surface area contributed by atoms with E-state index in [-0.39, 0.29) is 21.8 Å². The van der Waals surface area contributed by atoms with Crippen LogP contribution in [0, 0.1) is 11.8 Å². The standard InChI is InChI=1S/C17H25ClN2O5S/c1-11(2)9-19-15(21)10-25-17(22)16(12(3)4)20-26(23,24)14-7-5-6-13(18)8-14/h5-8,11-12,16,20H,9-10H2,1-4H3,(H,19,21)/t16-/m0/s1. The predicted octanol–water partition coefficient (Wildman–Crippen LogP) is 1.96. The summed E-state index contributed by atoms with van der Waals surface area (Å²) >= 11 is 5.82. The average molecular weight is 405 g/mol. The van der Waals surface area contributed by atoms with Crippen LogP contribution in [-0.2, 0) is 24.3 Å². The number of rotatable bonds is 9. The highest BCUT2D eigenvalue weighted by Gasteiger charge is 2.30. The molecule has 0 bridgehead atoms. The summed E-state index contributed by atoms with van der Waals surface area (Å²) < 4.78 is 32.2. The number of amides is 1. The third kappa shape index (κ3) is 7.31. The van der Waals surface area contributed by atoms with Gasteiger partial charge in [-0.2, -0.15) is 4.72 Å². The summed E-state index contributed by atoms with van der Waals surface area (Å²) in [5, 5.41) is 2.88. The van der Waals surface area contributed by atoms with Gasteiger partial charge in [-0.15, -0.1) is 0 Å². The second kappa shape index (κ2) is 9.89. The molecule has 1 atom stereocenters. The minimum atomic E-state index is -3.97. The number of sulfonamides is 1. The Bertz CT molecular complexity index is 734. The number of carbonyl (C=O) groups excluding carboxylic acids is 2. The third-order valence-corrected chi connectivity index (χ3v) is 5.04. The fraction of sp³-hybridized carbons (Fsp3) is 0.529. The molecule has 26 heavy (non-hydrogen) atoms. The average Bonchev–Trinajstić information content (AvgIpc) is 2.55. The van der Waals surface area contributed by atoms with Crippen LogP contribution in [0.4, 0.5) is 0 Å². The van der Waals surface area contributed by atoms with Crippen molar-refractivity contribution in [3.05, 3.63) is 29.3 Å². The molecule has 0 saturated carbocycles. The fourth-order valence-corrected chi connectivity index (χ4v) is 3.55. The Labute approximate surface area is 159 Å². The lowest BCUT2D eigenvalue weighted by molar-refractivity contribution is -0.151. The summed E-state index contributed by atoms with van der Waals surface area (Å²) in [5.41, 5.74) is 0. The number of hydrogen-bond donors (Lipinski definition) is 2. The maximum atomic E-state index is 12.5. The topological polar surface area (TPSA) is 102 Å². The lowest BCUT2D eigenvalue weighted by Gasteiger charge is -2.21. The molecular weight excluding hydrogens is 380 g/mol. The van der Waals surface area contributed by atoms with E-state index >= 15 is 0 Å². The van der Waals surface area contributed by atoms with Crippen molar-refractivity contribution in [1.29, 1.82) is 0 Å². The Hall–Kier alpha value is -1.64. The zero-order valence-electron chi connectivity index (χ0n) is 15.3. The lowest BCUT2D eigenvalue weighted by Crippen LogP contribution is -2.46. The molecule has 0 spiro atoms. The highest BCUT2D eigenvalue weighted by Crippen LogP contribution is 2.17. The van der Waals surface area contributed by atoms with Gasteiger partial charge in [-0.25, -0.2) is 8.42 Å². The summed E-state index contributed by atoms with van der Waals surface area (Å²) in [5.74, 6) is -1.37. The van der Waals surface area contributed by atoms with Gasteiger partial charge in [0.15, 0.2) is 6.61 Å². The van der Waals surface area contributed by atoms with Crippen molar-refractivity contribution >= 4 is 33.5 Å². The number of carbonyl (C=O) groups is 2. The fourth-order valence-electron chi connectivity index (χ4n) is 1.92. The first kappa shape index (κ1) is 22.4. The van der Waals surface area contributed by atoms with Crippen LogP contribution in [0.25, 0.3) is 0 Å². The van der Waals surface area contributed by atoms with Gasteiger partial charge in [-0.1, -0.05) is 45.4 Å². The zero-order valence-corrected chi connectivity index (χ0v) is 16.9. The first-order valence-corrected chi connectivity index (χ1v) is 10.1. The van der Waals surface area contributed by atoms with E-state index in [9.17, 15) is 18.0 Å². The van der Waals surface area contributed by atoms with E-state index in [0.717, 1.165) is 0 Å². The maximum Gasteiger partial charge on any atom is 0.324 e. The Morgan fingerprint density at radius 1 is 1.19 bits per heavy atom. The van der Waals surface area contributed by atoms with Crippen molar-refractivity contribution in [3.63, 3.8) is 0 Å². The van der Waals surface area contributed by atoms with Crippen molar-refractivity contribution in [2.24, 2.45) is 11.8 Å². The van der Waals surface area contributed by atoms with Gasteiger partial charge in [0.05, 0.1) is 4.90 Å². The van der Waals surface area contributed by atoms with Crippen LogP contribution in [-0.4, -0.2) is 39.5 Å². The SMILES string of the molecule is CC(C)CNC(=O)COC(=O)[C@@H](NS(=O)(=O)c1cccc(Cl)c1)C(C)C. The molecule has 0 aliphatic carbocycles. The molecule has 1 aromatic rings. The molecule has 7 nitrogen and oxygen atoms in total. The highest BCUT2D eigenvalue weighted by molar-refractivity contribution is 7.89. The van der Waals surface area contributed by atoms with Crippen LogP contribution in [0.2, 0.25) is 5.02 Å². The summed E-state index contributed by atoms with van der Waals surface area (Å²) in [4.78, 5) is 23.8. The Kier molecular flexibility index (Phi) is 8.52. The van der Waals surface area contributed by atoms with Crippen molar-refractivity contribution in [1.82, 2.24) is 10.0 Å². The molecule has 0 aromatic heterocycles. The van der Waals surface area contributed by atoms with E-state index in [4.69, 9.17) is 16.3 Å². The van der Waals surface area contributed by atoms with Crippen molar-refractivity contribution in [2.45, 2.75) is 38.6 Å². The van der Waals surface area contributed by atoms with Gasteiger partial charge in [0.2, 0.25) is 10.0 Å². The van der Waals surface area contributed by atoms with Crippen LogP contribution < -0.4 is 10.0 Å². The molecular formula is C17H25ClN2O5S. The molecule has 0 fully saturated rings. The van der Waals surface area contributed by atoms with Crippen LogP contribution in [0.15, 0.2) is 29.2 Å². The van der Waals surface area contributed by atoms with E-state index in [1.54, 1.807) is 19.9 Å². The number of halogens is 1. The highest BCUT2D eigenvalue weighted by atomic mass is 35.5. The van der Waals surface area contributed by atoms with Crippen molar-refractivity contribution in [3.8, 4) is 0 Å². The summed E-state index contributed by atoms with van der Waals surface area (Å²) in [6.07, 6.45) is 0. The number of nitrogens with one attached hydrogen (secondary N) is 2. The number of ether oxygens (including phenoxy) is 1. The maximum absolute atomic E-state index is 12.5. The largest absolute Gasteiger partial charge is 0.454 e. The van der Waals surface area contributed by atoms with Gasteiger partial charge >= 0.3 is 5.97 Å². The van der Waals surface area contributed by atoms with Crippen LogP contribution >= 0.6 is 11.6 Å². The first-order chi connectivity index (χ1) is 12.0. The molecule has 1 rings (SSSR count). The predicted molar refractivity (Wildman–Crippen MR) is 99.2 cm³/mol. The van der Waals surface area contributed by atoms with E-state index in [0.29, 0.717) is 6.54 Å². The summed E-state index contributed by atoms with van der Waals surface area (Å²) in [6, 6.07) is 4.57. The van der Waals surface area contributed by atoms with E-state index < -0.39 is 34.5 Å². The van der Waals surface area contributed by atoms with Crippen molar-refractivity contribution in [2.75, 3.05) is 13.2 Å². The Balaban J connectivity index is 2.76. The van der Waals surface area contributed by atoms with Crippen molar-refractivity contribution < 1.29 is 22.7 Å². The molecule has 9 heteroatoms.